The third-order valence-electron chi connectivity index (χ3n) is 2.71. The number of rotatable bonds is 1. The van der Waals surface area contributed by atoms with Gasteiger partial charge in [-0.05, 0) is 32.0 Å². The van der Waals surface area contributed by atoms with Gasteiger partial charge in [0.25, 0.3) is 5.91 Å². The van der Waals surface area contributed by atoms with Gasteiger partial charge < -0.3 is 10.5 Å². The fraction of sp³-hybridized carbons (Fsp3) is 0.333. The first-order chi connectivity index (χ1) is 8.04. The molecule has 1 aliphatic rings. The maximum Gasteiger partial charge on any atom is 0.269 e. The van der Waals surface area contributed by atoms with Crippen LogP contribution in [0.2, 0.25) is 0 Å². The lowest BCUT2D eigenvalue weighted by Crippen LogP contribution is -2.48. The highest BCUT2D eigenvalue weighted by Gasteiger charge is 2.34. The van der Waals surface area contributed by atoms with Crippen molar-refractivity contribution >= 4 is 17.3 Å². The largest absolute Gasteiger partial charge is 0.479 e. The van der Waals surface area contributed by atoms with Crippen LogP contribution in [0.1, 0.15) is 13.8 Å². The predicted molar refractivity (Wildman–Crippen MR) is 63.5 cm³/mol. The summed E-state index contributed by atoms with van der Waals surface area (Å²) in [5.41, 5.74) is 6.78. The number of nitrogens with zero attached hydrogens (tertiary/aromatic N) is 2. The Hall–Kier alpha value is -2.22. The number of nitriles is 1. The van der Waals surface area contributed by atoms with Crippen molar-refractivity contribution in [3.8, 4) is 11.8 Å². The molecule has 0 bridgehead atoms. The average molecular weight is 231 g/mol. The summed E-state index contributed by atoms with van der Waals surface area (Å²) in [5.74, 6) is 0.352. The van der Waals surface area contributed by atoms with Gasteiger partial charge in [-0.1, -0.05) is 0 Å². The summed E-state index contributed by atoms with van der Waals surface area (Å²) in [6, 6.07) is 6.57. The number of anilines is 2. The monoisotopic (exact) mass is 231 g/mol. The van der Waals surface area contributed by atoms with E-state index in [0.717, 1.165) is 0 Å². The lowest BCUT2D eigenvalue weighted by Gasteiger charge is -2.34. The molecule has 5 heteroatoms. The van der Waals surface area contributed by atoms with Crippen molar-refractivity contribution < 1.29 is 9.53 Å². The third kappa shape index (κ3) is 1.78. The van der Waals surface area contributed by atoms with E-state index in [1.54, 1.807) is 32.0 Å². The standard InChI is InChI=1S/C12H13N3O2/c1-7(6-13)15-10-5-9(14)3-4-11(10)17-8(2)12(15)16/h3-5,7-8H,14H2,1-2H3. The number of ether oxygens (including phenoxy) is 1. The van der Waals surface area contributed by atoms with E-state index in [4.69, 9.17) is 15.7 Å². The Labute approximate surface area is 99.4 Å². The third-order valence-corrected chi connectivity index (χ3v) is 2.71. The van der Waals surface area contributed by atoms with E-state index < -0.39 is 12.1 Å². The van der Waals surface area contributed by atoms with Crippen LogP contribution >= 0.6 is 0 Å². The average Bonchev–Trinajstić information content (AvgIpc) is 2.31. The molecule has 1 aromatic rings. The summed E-state index contributed by atoms with van der Waals surface area (Å²) >= 11 is 0. The smallest absolute Gasteiger partial charge is 0.269 e. The minimum absolute atomic E-state index is 0.225. The number of nitrogen functional groups attached to an aromatic ring is 1. The van der Waals surface area contributed by atoms with Gasteiger partial charge in [0.1, 0.15) is 11.8 Å². The Bertz CT molecular complexity index is 507. The van der Waals surface area contributed by atoms with Gasteiger partial charge in [-0.3, -0.25) is 9.69 Å². The van der Waals surface area contributed by atoms with Gasteiger partial charge in [-0.2, -0.15) is 5.26 Å². The SMILES string of the molecule is CC1Oc2ccc(N)cc2N(C(C)C#N)C1=O. The molecule has 1 heterocycles. The molecule has 17 heavy (non-hydrogen) atoms. The van der Waals surface area contributed by atoms with Crippen LogP contribution in [0.3, 0.4) is 0 Å². The van der Waals surface area contributed by atoms with Crippen molar-refractivity contribution in [2.24, 2.45) is 0 Å². The van der Waals surface area contributed by atoms with Gasteiger partial charge in [0.15, 0.2) is 6.10 Å². The van der Waals surface area contributed by atoms with Crippen LogP contribution in [-0.4, -0.2) is 18.1 Å². The number of nitrogens with two attached hydrogens (primary N) is 1. The molecule has 1 aliphatic heterocycles. The molecule has 2 atom stereocenters. The van der Waals surface area contributed by atoms with Crippen molar-refractivity contribution in [1.29, 1.82) is 5.26 Å². The summed E-state index contributed by atoms with van der Waals surface area (Å²) in [4.78, 5) is 13.4. The molecule has 0 aliphatic carbocycles. The van der Waals surface area contributed by atoms with Crippen molar-refractivity contribution in [2.45, 2.75) is 26.0 Å². The fourth-order valence-electron chi connectivity index (χ4n) is 1.83. The number of hydrogen-bond donors (Lipinski definition) is 1. The zero-order valence-corrected chi connectivity index (χ0v) is 9.68. The number of hydrogen-bond acceptors (Lipinski definition) is 4. The molecule has 88 valence electrons. The Balaban J connectivity index is 2.55. The van der Waals surface area contributed by atoms with Crippen LogP contribution in [0, 0.1) is 11.3 Å². The Morgan fingerprint density at radius 1 is 1.59 bits per heavy atom. The van der Waals surface area contributed by atoms with E-state index in [-0.39, 0.29) is 5.91 Å². The van der Waals surface area contributed by atoms with Gasteiger partial charge in [0.2, 0.25) is 0 Å². The molecule has 2 N–H and O–H groups in total. The van der Waals surface area contributed by atoms with Crippen molar-refractivity contribution in [1.82, 2.24) is 0 Å². The van der Waals surface area contributed by atoms with Gasteiger partial charge in [0.05, 0.1) is 11.8 Å². The lowest BCUT2D eigenvalue weighted by molar-refractivity contribution is -0.125. The highest BCUT2D eigenvalue weighted by Crippen LogP contribution is 2.36. The molecule has 0 spiro atoms. The molecule has 0 radical (unpaired) electrons. The summed E-state index contributed by atoms with van der Waals surface area (Å²) in [7, 11) is 0. The molecular formula is C12H13N3O2. The molecule has 0 saturated heterocycles. The van der Waals surface area contributed by atoms with Crippen molar-refractivity contribution in [3.05, 3.63) is 18.2 Å². The van der Waals surface area contributed by atoms with E-state index in [0.29, 0.717) is 17.1 Å². The Morgan fingerprint density at radius 3 is 2.94 bits per heavy atom. The molecule has 0 fully saturated rings. The quantitative estimate of drug-likeness (QED) is 0.739. The lowest BCUT2D eigenvalue weighted by atomic mass is 10.1. The van der Waals surface area contributed by atoms with E-state index >= 15 is 0 Å². The van der Waals surface area contributed by atoms with Crippen LogP contribution in [0.4, 0.5) is 11.4 Å². The maximum absolute atomic E-state index is 12.0. The molecule has 5 nitrogen and oxygen atoms in total. The van der Waals surface area contributed by atoms with Crippen LogP contribution in [0.5, 0.6) is 5.75 Å². The second-order valence-electron chi connectivity index (χ2n) is 4.00. The van der Waals surface area contributed by atoms with Crippen LogP contribution in [-0.2, 0) is 4.79 Å². The first kappa shape index (κ1) is 11.3. The minimum atomic E-state index is -0.582. The summed E-state index contributed by atoms with van der Waals surface area (Å²) in [6.07, 6.45) is -0.582. The van der Waals surface area contributed by atoms with Crippen LogP contribution < -0.4 is 15.4 Å². The topological polar surface area (TPSA) is 79.3 Å². The molecule has 2 rings (SSSR count). The number of carbonyl (C=O) groups excluding carboxylic acids is 1. The second kappa shape index (κ2) is 3.98. The molecule has 2 unspecified atom stereocenters. The summed E-state index contributed by atoms with van der Waals surface area (Å²) in [6.45, 7) is 3.33. The van der Waals surface area contributed by atoms with Gasteiger partial charge in [-0.25, -0.2) is 0 Å². The van der Waals surface area contributed by atoms with E-state index in [9.17, 15) is 4.79 Å². The van der Waals surface area contributed by atoms with E-state index in [2.05, 4.69) is 6.07 Å². The minimum Gasteiger partial charge on any atom is -0.479 e. The molecule has 1 aromatic carbocycles. The van der Waals surface area contributed by atoms with E-state index in [1.165, 1.54) is 4.90 Å². The van der Waals surface area contributed by atoms with Crippen LogP contribution in [0.15, 0.2) is 18.2 Å². The maximum atomic E-state index is 12.0. The molecule has 0 aromatic heterocycles. The molecular weight excluding hydrogens is 218 g/mol. The Morgan fingerprint density at radius 2 is 2.29 bits per heavy atom. The normalized spacial score (nSPS) is 20.2. The second-order valence-corrected chi connectivity index (χ2v) is 4.00. The Kier molecular flexibility index (Phi) is 2.64. The highest BCUT2D eigenvalue weighted by atomic mass is 16.5. The number of fused-ring (bicyclic) bond motifs is 1. The highest BCUT2D eigenvalue weighted by molar-refractivity contribution is 6.01. The molecule has 0 saturated carbocycles. The van der Waals surface area contributed by atoms with Gasteiger partial charge >= 0.3 is 0 Å². The van der Waals surface area contributed by atoms with Crippen molar-refractivity contribution in [2.75, 3.05) is 10.6 Å². The fourth-order valence-corrected chi connectivity index (χ4v) is 1.83. The van der Waals surface area contributed by atoms with Crippen molar-refractivity contribution in [3.63, 3.8) is 0 Å². The van der Waals surface area contributed by atoms with E-state index in [1.807, 2.05) is 0 Å². The molecule has 1 amide bonds. The number of carbonyl (C=O) groups is 1. The summed E-state index contributed by atoms with van der Waals surface area (Å²) < 4.78 is 5.47. The first-order valence-corrected chi connectivity index (χ1v) is 5.33. The zero-order valence-electron chi connectivity index (χ0n) is 9.68. The first-order valence-electron chi connectivity index (χ1n) is 5.33. The predicted octanol–water partition coefficient (Wildman–Crippen LogP) is 1.29. The summed E-state index contributed by atoms with van der Waals surface area (Å²) in [5, 5.41) is 8.97. The van der Waals surface area contributed by atoms with Gasteiger partial charge in [0, 0.05) is 5.69 Å². The zero-order chi connectivity index (χ0) is 12.6. The number of amides is 1. The van der Waals surface area contributed by atoms with Crippen LogP contribution in [0.25, 0.3) is 0 Å². The van der Waals surface area contributed by atoms with Gasteiger partial charge in [-0.15, -0.1) is 0 Å². The number of benzene rings is 1.